The highest BCUT2D eigenvalue weighted by atomic mass is 19.1. The molecule has 1 aromatic heterocycles. The number of ketones is 1. The first-order valence-corrected chi connectivity index (χ1v) is 21.6. The number of fused-ring (bicyclic) bond motifs is 8. The van der Waals surface area contributed by atoms with Crippen LogP contribution < -0.4 is 11.1 Å². The standard InChI is InChI=1S/C48H55F2N3O10/c1-44(2)62-40-22-34-35-21-37(49)36-20-32(54)13-16-45(36,3)47(35,50)38(55)23-46(34,4)48(40,63-44)39(56)26-61-42(58)12-11-41(57)60-18-15-27-5-7-28(8-6-27)33(24-51)43(59)53-31-10-9-30-25-52-17-14-29(30)19-31/h5-10,13-14,16-17,19-20,25,32-35,37-38,40,54-55H,11-12,15,18,21-24,26,51H2,1-4H3,(H,53,59)/t32?,33?,34-,35-,37-,38-,40+,45-,46-,47-,48+/m0/s1. The van der Waals surface area contributed by atoms with Crippen LogP contribution >= 0.6 is 0 Å². The summed E-state index contributed by atoms with van der Waals surface area (Å²) in [5.41, 5.74) is 1.46. The molecule has 0 bridgehead atoms. The molecule has 5 aliphatic rings. The summed E-state index contributed by atoms with van der Waals surface area (Å²) in [6.45, 7) is 5.96. The molecule has 336 valence electrons. The summed E-state index contributed by atoms with van der Waals surface area (Å²) in [6.07, 6.45) is 1.76. The lowest BCUT2D eigenvalue weighted by molar-refractivity contribution is -0.249. The van der Waals surface area contributed by atoms with E-state index in [1.54, 1.807) is 40.1 Å². The summed E-state index contributed by atoms with van der Waals surface area (Å²) >= 11 is 0. The van der Waals surface area contributed by atoms with Gasteiger partial charge in [0.05, 0.1) is 43.7 Å². The van der Waals surface area contributed by atoms with Gasteiger partial charge in [-0.15, -0.1) is 0 Å². The van der Waals surface area contributed by atoms with Gasteiger partial charge in [-0.3, -0.25) is 24.2 Å². The lowest BCUT2D eigenvalue weighted by Crippen LogP contribution is -2.71. The van der Waals surface area contributed by atoms with Gasteiger partial charge in [-0.1, -0.05) is 49.4 Å². The Labute approximate surface area is 364 Å². The number of pyridine rings is 1. The van der Waals surface area contributed by atoms with Crippen LogP contribution in [0.25, 0.3) is 10.8 Å². The van der Waals surface area contributed by atoms with Crippen molar-refractivity contribution >= 4 is 40.1 Å². The van der Waals surface area contributed by atoms with Gasteiger partial charge in [0.1, 0.15) is 6.17 Å². The fraction of sp³-hybridized carbons (Fsp3) is 0.521. The maximum atomic E-state index is 17.7. The van der Waals surface area contributed by atoms with Crippen LogP contribution in [0.5, 0.6) is 0 Å². The van der Waals surface area contributed by atoms with Crippen LogP contribution in [0, 0.1) is 22.7 Å². The Morgan fingerprint density at radius 3 is 2.43 bits per heavy atom. The molecule has 8 rings (SSSR count). The lowest BCUT2D eigenvalue weighted by Gasteiger charge is -2.63. The predicted molar refractivity (Wildman–Crippen MR) is 226 cm³/mol. The van der Waals surface area contributed by atoms with Crippen LogP contribution in [0.2, 0.25) is 0 Å². The number of Topliss-reactive ketones (excluding diaryl/α,β-unsaturated/α-hetero) is 1. The van der Waals surface area contributed by atoms with E-state index in [1.165, 1.54) is 18.2 Å². The zero-order chi connectivity index (χ0) is 45.1. The third kappa shape index (κ3) is 7.58. The topological polar surface area (TPSA) is 197 Å². The van der Waals surface area contributed by atoms with E-state index in [-0.39, 0.29) is 56.7 Å². The zero-order valence-corrected chi connectivity index (χ0v) is 35.9. The number of allylic oxidation sites excluding steroid dienone is 2. The molecule has 4 fully saturated rings. The molecule has 13 nitrogen and oxygen atoms in total. The van der Waals surface area contributed by atoms with Crippen molar-refractivity contribution in [2.45, 2.75) is 114 Å². The number of nitrogens with zero attached hydrogens (tertiary/aromatic N) is 1. The van der Waals surface area contributed by atoms with E-state index in [2.05, 4.69) is 10.3 Å². The number of aliphatic hydroxyl groups is 2. The Kier molecular flexibility index (Phi) is 11.7. The number of nitrogens with one attached hydrogen (secondary N) is 1. The highest BCUT2D eigenvalue weighted by molar-refractivity contribution is 5.98. The van der Waals surface area contributed by atoms with Crippen LogP contribution in [0.4, 0.5) is 14.5 Å². The average Bonchev–Trinajstić information content (AvgIpc) is 3.66. The second-order valence-corrected chi connectivity index (χ2v) is 18.6. The molecule has 63 heavy (non-hydrogen) atoms. The van der Waals surface area contributed by atoms with Crippen LogP contribution in [0.15, 0.2) is 84.7 Å². The van der Waals surface area contributed by atoms with Gasteiger partial charge in [-0.2, -0.15) is 0 Å². The van der Waals surface area contributed by atoms with Crippen LogP contribution in [-0.2, 0) is 44.5 Å². The predicted octanol–water partition coefficient (Wildman–Crippen LogP) is 5.50. The molecule has 1 amide bonds. The largest absolute Gasteiger partial charge is 0.465 e. The molecule has 4 aliphatic carbocycles. The molecule has 1 saturated heterocycles. The van der Waals surface area contributed by atoms with Gasteiger partial charge in [-0.25, -0.2) is 8.78 Å². The van der Waals surface area contributed by atoms with Gasteiger partial charge in [-0.05, 0) is 92.3 Å². The molecule has 2 aromatic carbocycles. The van der Waals surface area contributed by atoms with Gasteiger partial charge in [0.15, 0.2) is 23.7 Å². The summed E-state index contributed by atoms with van der Waals surface area (Å²) in [4.78, 5) is 57.2. The number of halogens is 2. The molecule has 1 aliphatic heterocycles. The van der Waals surface area contributed by atoms with Crippen LogP contribution in [0.1, 0.15) is 76.8 Å². The van der Waals surface area contributed by atoms with E-state index in [0.717, 1.165) is 21.9 Å². The number of hydrogen-bond acceptors (Lipinski definition) is 12. The SMILES string of the molecule is CC1(C)O[C@@H]2C[C@H]3[C@@H]4C[C@H](F)C5=CC(O)C=C[C@]5(C)[C@@]4(F)[C@@H](O)C[C@]3(C)[C@]2(C(=O)COC(=O)CCC(=O)OCCc2ccc(C(CN)C(=O)Nc3ccc4cnccc4c3)cc2)O1. The van der Waals surface area contributed by atoms with Crippen molar-refractivity contribution in [2.24, 2.45) is 28.4 Å². The van der Waals surface area contributed by atoms with Gasteiger partial charge in [0.2, 0.25) is 11.7 Å². The number of benzene rings is 2. The molecule has 15 heteroatoms. The van der Waals surface area contributed by atoms with Crippen LogP contribution in [0.3, 0.4) is 0 Å². The Morgan fingerprint density at radius 2 is 1.70 bits per heavy atom. The number of anilines is 1. The monoisotopic (exact) mass is 871 g/mol. The number of aromatic nitrogens is 1. The van der Waals surface area contributed by atoms with Crippen molar-refractivity contribution in [2.75, 3.05) is 25.1 Å². The molecule has 0 spiro atoms. The fourth-order valence-corrected chi connectivity index (χ4v) is 11.5. The normalized spacial score (nSPS) is 34.1. The van der Waals surface area contributed by atoms with Gasteiger partial charge in [0.25, 0.3) is 0 Å². The average molecular weight is 872 g/mol. The molecule has 11 atom stereocenters. The van der Waals surface area contributed by atoms with Gasteiger partial charge in [0, 0.05) is 53.2 Å². The first kappa shape index (κ1) is 44.7. The van der Waals surface area contributed by atoms with E-state index in [9.17, 15) is 29.4 Å². The number of carbonyl (C=O) groups excluding carboxylic acids is 4. The molecule has 0 radical (unpaired) electrons. The number of alkyl halides is 2. The number of rotatable bonds is 13. The van der Waals surface area contributed by atoms with Gasteiger partial charge >= 0.3 is 11.9 Å². The molecule has 2 heterocycles. The van der Waals surface area contributed by atoms with E-state index >= 15 is 8.78 Å². The van der Waals surface area contributed by atoms with Gasteiger partial charge < -0.3 is 40.2 Å². The Hall–Kier alpha value is -4.93. The number of hydrogen-bond donors (Lipinski definition) is 4. The first-order chi connectivity index (χ1) is 29.8. The first-order valence-electron chi connectivity index (χ1n) is 21.6. The molecular formula is C48H55F2N3O10. The van der Waals surface area contributed by atoms with Crippen molar-refractivity contribution in [3.63, 3.8) is 0 Å². The highest BCUT2D eigenvalue weighted by Gasteiger charge is 2.80. The van der Waals surface area contributed by atoms with Crippen molar-refractivity contribution in [3.05, 3.63) is 95.9 Å². The third-order valence-electron chi connectivity index (χ3n) is 14.5. The second kappa shape index (κ2) is 16.6. The molecular weight excluding hydrogens is 817 g/mol. The van der Waals surface area contributed by atoms with Crippen molar-refractivity contribution in [1.29, 1.82) is 0 Å². The second-order valence-electron chi connectivity index (χ2n) is 18.6. The van der Waals surface area contributed by atoms with Crippen molar-refractivity contribution in [1.82, 2.24) is 4.98 Å². The maximum absolute atomic E-state index is 17.7. The minimum absolute atomic E-state index is 0.0337. The minimum Gasteiger partial charge on any atom is -0.465 e. The number of carbonyl (C=O) groups is 4. The fourth-order valence-electron chi connectivity index (χ4n) is 11.5. The number of amides is 1. The summed E-state index contributed by atoms with van der Waals surface area (Å²) in [5, 5.41) is 26.9. The van der Waals surface area contributed by atoms with Crippen LogP contribution in [-0.4, -0.2) is 100 Å². The van der Waals surface area contributed by atoms with E-state index in [0.29, 0.717) is 12.1 Å². The summed E-state index contributed by atoms with van der Waals surface area (Å²) in [7, 11) is 0. The highest BCUT2D eigenvalue weighted by Crippen LogP contribution is 2.72. The quantitative estimate of drug-likeness (QED) is 0.125. The molecule has 2 unspecified atom stereocenters. The molecule has 5 N–H and O–H groups in total. The summed E-state index contributed by atoms with van der Waals surface area (Å²) in [5.74, 6) is -5.88. The number of esters is 2. The Balaban J connectivity index is 0.835. The van der Waals surface area contributed by atoms with E-state index in [1.807, 2.05) is 48.5 Å². The number of ether oxygens (including phenoxy) is 4. The zero-order valence-electron chi connectivity index (χ0n) is 35.9. The smallest absolute Gasteiger partial charge is 0.306 e. The third-order valence-corrected chi connectivity index (χ3v) is 14.5. The van der Waals surface area contributed by atoms with E-state index in [4.69, 9.17) is 24.7 Å². The summed E-state index contributed by atoms with van der Waals surface area (Å²) < 4.78 is 57.2. The summed E-state index contributed by atoms with van der Waals surface area (Å²) in [6, 6.07) is 14.7. The van der Waals surface area contributed by atoms with Crippen molar-refractivity contribution < 1.29 is 57.1 Å². The minimum atomic E-state index is -2.32. The Morgan fingerprint density at radius 1 is 0.968 bits per heavy atom. The number of nitrogens with two attached hydrogens (primary N) is 1. The Bertz CT molecular complexity index is 2360. The van der Waals surface area contributed by atoms with E-state index < -0.39 is 94.5 Å². The van der Waals surface area contributed by atoms with Crippen molar-refractivity contribution in [3.8, 4) is 0 Å². The number of aliphatic hydroxyl groups excluding tert-OH is 2. The molecule has 3 saturated carbocycles. The lowest BCUT2D eigenvalue weighted by atomic mass is 9.44. The maximum Gasteiger partial charge on any atom is 0.306 e. The molecule has 3 aromatic rings.